The first-order chi connectivity index (χ1) is 31.4. The van der Waals surface area contributed by atoms with Gasteiger partial charge in [0.25, 0.3) is 0 Å². The largest absolute Gasteiger partial charge is 0.497 e. The molecule has 6 nitrogen and oxygen atoms in total. The number of fused-ring (bicyclic) bond motifs is 2. The Labute approximate surface area is 407 Å². The van der Waals surface area contributed by atoms with Crippen molar-refractivity contribution in [1.29, 1.82) is 0 Å². The van der Waals surface area contributed by atoms with E-state index in [1.807, 2.05) is 84.9 Å². The van der Waals surface area contributed by atoms with Gasteiger partial charge in [-0.1, -0.05) is 108 Å². The molecule has 0 radical (unpaired) electrons. The van der Waals surface area contributed by atoms with Crippen molar-refractivity contribution in [2.45, 2.75) is 33.4 Å². The molecule has 0 bridgehead atoms. The molecule has 0 spiro atoms. The molecule has 10 rings (SSSR count). The zero-order valence-electron chi connectivity index (χ0n) is 34.5. The van der Waals surface area contributed by atoms with Crippen LogP contribution in [0.25, 0.3) is 11.4 Å². The molecule has 6 aromatic carbocycles. The minimum atomic E-state index is 0.0597. The summed E-state index contributed by atoms with van der Waals surface area (Å²) in [4.78, 5) is 12.6. The van der Waals surface area contributed by atoms with Crippen LogP contribution in [0, 0.1) is 7.91 Å². The number of aryl methyl sites for hydroxylation is 2. The Morgan fingerprint density at radius 1 is 0.484 bits per heavy atom. The molecule has 2 aliphatic rings. The zero-order valence-corrected chi connectivity index (χ0v) is 41.0. The van der Waals surface area contributed by atoms with Gasteiger partial charge in [-0.3, -0.25) is 9.13 Å². The van der Waals surface area contributed by atoms with Gasteiger partial charge >= 0.3 is 0 Å². The molecule has 0 fully saturated rings. The Hall–Kier alpha value is -4.64. The van der Waals surface area contributed by atoms with Gasteiger partial charge in [-0.05, 0) is 156 Å². The smallest absolute Gasteiger partial charge is 0.166 e. The third-order valence-corrected chi connectivity index (χ3v) is 19.1. The van der Waals surface area contributed by atoms with E-state index < -0.39 is 0 Å². The lowest BCUT2D eigenvalue weighted by Crippen LogP contribution is -2.08. The molecule has 0 saturated heterocycles. The van der Waals surface area contributed by atoms with Gasteiger partial charge in [-0.15, -0.1) is 22.7 Å². The average molecular weight is 983 g/mol. The number of hydrogen-bond donors (Lipinski definition) is 0. The van der Waals surface area contributed by atoms with Crippen molar-refractivity contribution >= 4 is 114 Å². The van der Waals surface area contributed by atoms with Crippen LogP contribution in [0.5, 0.6) is 11.5 Å². The zero-order chi connectivity index (χ0) is 43.6. The fourth-order valence-corrected chi connectivity index (χ4v) is 16.5. The normalized spacial score (nSPS) is 17.0. The maximum atomic E-state index is 6.09. The summed E-state index contributed by atoms with van der Waals surface area (Å²) in [6.45, 7) is 0. The Morgan fingerprint density at radius 2 is 0.859 bits per heavy atom. The van der Waals surface area contributed by atoms with E-state index in [2.05, 4.69) is 81.9 Å². The molecule has 2 aliphatic heterocycles. The Bertz CT molecular complexity index is 2890. The summed E-state index contributed by atoms with van der Waals surface area (Å²) in [6.07, 6.45) is 1.82. The molecule has 0 N–H and O–H groups in total. The summed E-state index contributed by atoms with van der Waals surface area (Å²) in [5, 5.41) is 2.36. The number of methoxy groups -OCH3 is 2. The summed E-state index contributed by atoms with van der Waals surface area (Å²) in [7, 11) is 3.39. The molecule has 8 aromatic rings. The van der Waals surface area contributed by atoms with E-state index in [-0.39, 0.29) is 10.5 Å². The molecule has 14 heteroatoms. The van der Waals surface area contributed by atoms with E-state index in [4.69, 9.17) is 43.9 Å². The Balaban J connectivity index is 0.884. The maximum Gasteiger partial charge on any atom is 0.166 e. The Morgan fingerprint density at radius 3 is 1.22 bits per heavy atom. The van der Waals surface area contributed by atoms with Gasteiger partial charge in [0.1, 0.15) is 30.3 Å². The molecule has 2 atom stereocenters. The van der Waals surface area contributed by atoms with Gasteiger partial charge in [0.2, 0.25) is 0 Å². The number of thiazole rings is 2. The topological polar surface area (TPSA) is 53.0 Å². The molecule has 318 valence electrons. The number of aromatic nitrogens is 2. The SMILES string of the molecule is COc1ccc([C@H]2SC(=Nc3ccccc3)Sc3c2sc(=S)n3-c2ccc(CCc3ccc(-n4c5c(sc4=S)[C@@H](c4ccc(OC)cc4)SC(=Nc4ccccc4)S5)cc3)cc2)cc1. The average Bonchev–Trinajstić information content (AvgIpc) is 3.86. The third kappa shape index (κ3) is 9.25. The van der Waals surface area contributed by atoms with E-state index in [0.717, 1.165) is 73.8 Å². The predicted octanol–water partition coefficient (Wildman–Crippen LogP) is 15.9. The minimum Gasteiger partial charge on any atom is -0.497 e. The molecule has 0 amide bonds. The monoisotopic (exact) mass is 982 g/mol. The third-order valence-electron chi connectivity index (χ3n) is 10.8. The Kier molecular flexibility index (Phi) is 13.1. The van der Waals surface area contributed by atoms with E-state index in [1.54, 1.807) is 83.9 Å². The van der Waals surface area contributed by atoms with E-state index in [9.17, 15) is 0 Å². The molecule has 4 heterocycles. The number of nitrogens with zero attached hydrogens (tertiary/aromatic N) is 4. The number of rotatable bonds is 11. The van der Waals surface area contributed by atoms with Crippen molar-refractivity contribution in [1.82, 2.24) is 9.13 Å². The standard InChI is InChI=1S/C50H38N4O2S8/c1-55-39-27-19-33(20-28-39)41-43-45(63-47(59-41)51-35-9-5-3-6-10-35)53(49(57)61-43)37-23-15-31(16-24-37)13-14-32-17-25-38(26-18-32)54-46-44(62-50(54)58)42(34-21-29-40(56-2)30-22-34)60-48(64-46)52-36-11-7-4-8-12-36/h3-12,15-30,41-42H,13-14H2,1-2H3/t41-,42-/m1/s1. The van der Waals surface area contributed by atoms with Crippen LogP contribution in [0.1, 0.15) is 42.5 Å². The van der Waals surface area contributed by atoms with Gasteiger partial charge in [-0.2, -0.15) is 0 Å². The van der Waals surface area contributed by atoms with Crippen molar-refractivity contribution in [2.24, 2.45) is 9.98 Å². The molecular weight excluding hydrogens is 945 g/mol. The minimum absolute atomic E-state index is 0.0597. The van der Waals surface area contributed by atoms with Crippen LogP contribution in [-0.2, 0) is 12.8 Å². The highest BCUT2D eigenvalue weighted by Gasteiger charge is 2.34. The van der Waals surface area contributed by atoms with Gasteiger partial charge < -0.3 is 9.47 Å². The number of benzene rings is 6. The van der Waals surface area contributed by atoms with Crippen LogP contribution in [0.4, 0.5) is 11.4 Å². The van der Waals surface area contributed by atoms with Crippen LogP contribution >= 0.6 is 94.2 Å². The van der Waals surface area contributed by atoms with Crippen molar-refractivity contribution in [3.63, 3.8) is 0 Å². The number of ether oxygens (including phenoxy) is 2. The summed E-state index contributed by atoms with van der Waals surface area (Å²) in [5.74, 6) is 1.67. The highest BCUT2D eigenvalue weighted by Crippen LogP contribution is 2.54. The first-order valence-electron chi connectivity index (χ1n) is 20.4. The fraction of sp³-hybridized carbons (Fsp3) is 0.120. The van der Waals surface area contributed by atoms with Gasteiger partial charge in [0, 0.05) is 11.4 Å². The lowest BCUT2D eigenvalue weighted by molar-refractivity contribution is 0.414. The van der Waals surface area contributed by atoms with Crippen molar-refractivity contribution in [3.8, 4) is 22.9 Å². The number of thioether (sulfide) groups is 4. The first-order valence-corrected chi connectivity index (χ1v) is 26.2. The summed E-state index contributed by atoms with van der Waals surface area (Å²) >= 11 is 22.5. The molecule has 64 heavy (non-hydrogen) atoms. The molecule has 2 aromatic heterocycles. The van der Waals surface area contributed by atoms with Gasteiger partial charge in [0.05, 0.1) is 45.8 Å². The maximum absolute atomic E-state index is 6.09. The van der Waals surface area contributed by atoms with Crippen molar-refractivity contribution in [2.75, 3.05) is 14.2 Å². The van der Waals surface area contributed by atoms with Crippen LogP contribution in [0.3, 0.4) is 0 Å². The quantitative estimate of drug-likeness (QED) is 0.119. The van der Waals surface area contributed by atoms with Crippen LogP contribution in [0.2, 0.25) is 0 Å². The molecule has 0 aliphatic carbocycles. The highest BCUT2D eigenvalue weighted by atomic mass is 32.2. The molecule has 0 saturated carbocycles. The van der Waals surface area contributed by atoms with Crippen LogP contribution < -0.4 is 9.47 Å². The second-order valence-corrected chi connectivity index (χ2v) is 22.8. The fourth-order valence-electron chi connectivity index (χ4n) is 7.47. The number of para-hydroxylation sites is 2. The number of aliphatic imine (C=N–C) groups is 2. The predicted molar refractivity (Wildman–Crippen MR) is 280 cm³/mol. The lowest BCUT2D eigenvalue weighted by Gasteiger charge is -2.24. The molecular formula is C50H38N4O2S8. The van der Waals surface area contributed by atoms with Crippen LogP contribution in [-0.4, -0.2) is 32.1 Å². The van der Waals surface area contributed by atoms with Gasteiger partial charge in [-0.25, -0.2) is 9.98 Å². The lowest BCUT2D eigenvalue weighted by atomic mass is 10.0. The second-order valence-electron chi connectivity index (χ2n) is 14.8. The van der Waals surface area contributed by atoms with E-state index >= 15 is 0 Å². The van der Waals surface area contributed by atoms with E-state index in [0.29, 0.717) is 0 Å². The number of hydrogen-bond acceptors (Lipinski definition) is 12. The van der Waals surface area contributed by atoms with Crippen LogP contribution in [0.15, 0.2) is 178 Å². The van der Waals surface area contributed by atoms with Crippen molar-refractivity contribution < 1.29 is 9.47 Å². The summed E-state index contributed by atoms with van der Waals surface area (Å²) in [6, 6.07) is 54.7. The highest BCUT2D eigenvalue weighted by molar-refractivity contribution is 8.40. The van der Waals surface area contributed by atoms with Gasteiger partial charge in [0.15, 0.2) is 7.91 Å². The molecule has 0 unspecified atom stereocenters. The summed E-state index contributed by atoms with van der Waals surface area (Å²) < 4.78 is 19.0. The van der Waals surface area contributed by atoms with Crippen molar-refractivity contribution in [3.05, 3.63) is 198 Å². The van der Waals surface area contributed by atoms with E-state index in [1.165, 1.54) is 32.0 Å². The second kappa shape index (κ2) is 19.4. The summed E-state index contributed by atoms with van der Waals surface area (Å²) in [5.41, 5.74) is 8.90. The first kappa shape index (κ1) is 43.3.